The third kappa shape index (κ3) is 1.25. The van der Waals surface area contributed by atoms with Crippen LogP contribution in [-0.2, 0) is 0 Å². The average molecular weight is 165 g/mol. The van der Waals surface area contributed by atoms with Crippen molar-refractivity contribution in [1.82, 2.24) is 15.5 Å². The molecule has 2 rings (SSSR count). The highest BCUT2D eigenvalue weighted by atomic mass is 15.1. The molecule has 0 saturated carbocycles. The van der Waals surface area contributed by atoms with E-state index in [1.54, 1.807) is 0 Å². The molecule has 12 heavy (non-hydrogen) atoms. The largest absolute Gasteiger partial charge is 0.370 e. The van der Waals surface area contributed by atoms with E-state index < -0.39 is 0 Å². The van der Waals surface area contributed by atoms with Gasteiger partial charge in [0, 0.05) is 18.7 Å². The highest BCUT2D eigenvalue weighted by Crippen LogP contribution is 2.14. The molecule has 2 heterocycles. The van der Waals surface area contributed by atoms with E-state index in [0.29, 0.717) is 11.9 Å². The smallest absolute Gasteiger partial charge is 0.188 e. The molecule has 4 N–H and O–H groups in total. The molecule has 1 aliphatic heterocycles. The Balaban J connectivity index is 2.09. The molecule has 0 bridgehead atoms. The minimum absolute atomic E-state index is 0.399. The molecule has 1 aliphatic rings. The molecule has 0 aromatic carbocycles. The summed E-state index contributed by atoms with van der Waals surface area (Å²) < 4.78 is 0. The van der Waals surface area contributed by atoms with Crippen molar-refractivity contribution in [2.45, 2.75) is 5.92 Å². The first-order chi connectivity index (χ1) is 5.86. The Kier molecular flexibility index (Phi) is 1.69. The number of nitrogens with zero attached hydrogens (tertiary/aromatic N) is 2. The normalized spacial score (nSPS) is 23.0. The zero-order chi connectivity index (χ0) is 8.39. The lowest BCUT2D eigenvalue weighted by Crippen LogP contribution is -2.39. The zero-order valence-corrected chi connectivity index (χ0v) is 6.62. The lowest BCUT2D eigenvalue weighted by atomic mass is 10.0. The minimum Gasteiger partial charge on any atom is -0.370 e. The summed E-state index contributed by atoms with van der Waals surface area (Å²) in [5, 5.41) is 9.67. The van der Waals surface area contributed by atoms with Crippen LogP contribution >= 0.6 is 0 Å². The Morgan fingerprint density at radius 3 is 3.08 bits per heavy atom. The summed E-state index contributed by atoms with van der Waals surface area (Å²) in [6.07, 6.45) is 3.72. The van der Waals surface area contributed by atoms with Crippen LogP contribution in [0.4, 0.5) is 0 Å². The first kappa shape index (κ1) is 7.15. The first-order valence-electron chi connectivity index (χ1n) is 3.89. The van der Waals surface area contributed by atoms with E-state index in [2.05, 4.69) is 20.5 Å². The molecular formula is C7H11N5. The minimum atomic E-state index is 0.399. The van der Waals surface area contributed by atoms with Crippen LogP contribution in [0.25, 0.3) is 0 Å². The standard InChI is InChI=1S/C7H11N5/c8-7-9-1-5(2-10-7)6-3-11-12-4-6/h3-5H,1-2H2,(H,11,12)(H3,8,9,10). The number of nitrogens with one attached hydrogen (secondary N) is 2. The molecule has 0 aliphatic carbocycles. The molecule has 1 atom stereocenters. The zero-order valence-electron chi connectivity index (χ0n) is 6.62. The Morgan fingerprint density at radius 2 is 2.50 bits per heavy atom. The van der Waals surface area contributed by atoms with Crippen LogP contribution in [-0.4, -0.2) is 29.2 Å². The predicted molar refractivity (Wildman–Crippen MR) is 45.8 cm³/mol. The Hall–Kier alpha value is -1.52. The topological polar surface area (TPSA) is 79.1 Å². The summed E-state index contributed by atoms with van der Waals surface area (Å²) in [4.78, 5) is 4.11. The van der Waals surface area contributed by atoms with Crippen LogP contribution < -0.4 is 11.1 Å². The van der Waals surface area contributed by atoms with E-state index in [4.69, 9.17) is 5.73 Å². The Bertz CT molecular complexity index is 276. The van der Waals surface area contributed by atoms with E-state index in [9.17, 15) is 0 Å². The number of nitrogens with two attached hydrogens (primary N) is 1. The molecule has 1 unspecified atom stereocenters. The maximum absolute atomic E-state index is 5.47. The monoisotopic (exact) mass is 165 g/mol. The second-order valence-corrected chi connectivity index (χ2v) is 2.84. The van der Waals surface area contributed by atoms with Gasteiger partial charge in [-0.05, 0) is 5.56 Å². The van der Waals surface area contributed by atoms with Gasteiger partial charge in [-0.3, -0.25) is 10.1 Å². The molecule has 5 heteroatoms. The van der Waals surface area contributed by atoms with Crippen LogP contribution in [0.3, 0.4) is 0 Å². The number of hydrogen-bond donors (Lipinski definition) is 3. The SMILES string of the molecule is NC1=NCC(c2cn[nH]c2)CN1. The molecule has 0 radical (unpaired) electrons. The molecule has 0 amide bonds. The van der Waals surface area contributed by atoms with Gasteiger partial charge < -0.3 is 11.1 Å². The summed E-state index contributed by atoms with van der Waals surface area (Å²) in [6.45, 7) is 1.59. The summed E-state index contributed by atoms with van der Waals surface area (Å²) in [6, 6.07) is 0. The van der Waals surface area contributed by atoms with Crippen molar-refractivity contribution in [3.05, 3.63) is 18.0 Å². The quantitative estimate of drug-likeness (QED) is 0.520. The summed E-state index contributed by atoms with van der Waals surface area (Å²) in [7, 11) is 0. The molecule has 0 saturated heterocycles. The summed E-state index contributed by atoms with van der Waals surface area (Å²) >= 11 is 0. The average Bonchev–Trinajstić information content (AvgIpc) is 2.58. The number of aromatic nitrogens is 2. The van der Waals surface area contributed by atoms with Gasteiger partial charge in [0.05, 0.1) is 12.7 Å². The van der Waals surface area contributed by atoms with Crippen LogP contribution in [0.1, 0.15) is 11.5 Å². The third-order valence-corrected chi connectivity index (χ3v) is 2.00. The van der Waals surface area contributed by atoms with E-state index in [1.165, 1.54) is 5.56 Å². The van der Waals surface area contributed by atoms with E-state index in [1.807, 2.05) is 12.4 Å². The Labute approximate surface area is 70.1 Å². The van der Waals surface area contributed by atoms with E-state index in [-0.39, 0.29) is 0 Å². The Morgan fingerprint density at radius 1 is 1.58 bits per heavy atom. The van der Waals surface area contributed by atoms with Gasteiger partial charge in [-0.25, -0.2) is 0 Å². The van der Waals surface area contributed by atoms with Gasteiger partial charge in [-0.1, -0.05) is 0 Å². The first-order valence-corrected chi connectivity index (χ1v) is 3.89. The van der Waals surface area contributed by atoms with Crippen molar-refractivity contribution >= 4 is 5.96 Å². The fraction of sp³-hybridized carbons (Fsp3) is 0.429. The second-order valence-electron chi connectivity index (χ2n) is 2.84. The number of guanidine groups is 1. The van der Waals surface area contributed by atoms with Crippen molar-refractivity contribution in [1.29, 1.82) is 0 Å². The van der Waals surface area contributed by atoms with Crippen LogP contribution in [0.5, 0.6) is 0 Å². The third-order valence-electron chi connectivity index (χ3n) is 2.00. The van der Waals surface area contributed by atoms with Gasteiger partial charge in [-0.15, -0.1) is 0 Å². The van der Waals surface area contributed by atoms with Gasteiger partial charge >= 0.3 is 0 Å². The van der Waals surface area contributed by atoms with E-state index >= 15 is 0 Å². The lowest BCUT2D eigenvalue weighted by molar-refractivity contribution is 0.635. The fourth-order valence-electron chi connectivity index (χ4n) is 1.26. The van der Waals surface area contributed by atoms with Crippen LogP contribution in [0.15, 0.2) is 17.4 Å². The van der Waals surface area contributed by atoms with Crippen LogP contribution in [0, 0.1) is 0 Å². The van der Waals surface area contributed by atoms with Gasteiger partial charge in [-0.2, -0.15) is 5.10 Å². The van der Waals surface area contributed by atoms with E-state index in [0.717, 1.165) is 13.1 Å². The van der Waals surface area contributed by atoms with Crippen molar-refractivity contribution in [3.8, 4) is 0 Å². The molecule has 64 valence electrons. The maximum atomic E-state index is 5.47. The van der Waals surface area contributed by atoms with Crippen LogP contribution in [0.2, 0.25) is 0 Å². The number of aliphatic imine (C=N–C) groups is 1. The highest BCUT2D eigenvalue weighted by molar-refractivity contribution is 5.78. The lowest BCUT2D eigenvalue weighted by Gasteiger charge is -2.19. The van der Waals surface area contributed by atoms with Crippen molar-refractivity contribution < 1.29 is 0 Å². The van der Waals surface area contributed by atoms with Crippen molar-refractivity contribution in [2.24, 2.45) is 10.7 Å². The molecular weight excluding hydrogens is 154 g/mol. The highest BCUT2D eigenvalue weighted by Gasteiger charge is 2.15. The molecule has 1 aromatic heterocycles. The molecule has 0 spiro atoms. The number of aromatic amines is 1. The molecule has 5 nitrogen and oxygen atoms in total. The van der Waals surface area contributed by atoms with Crippen molar-refractivity contribution in [2.75, 3.05) is 13.1 Å². The predicted octanol–water partition coefficient (Wildman–Crippen LogP) is -0.589. The van der Waals surface area contributed by atoms with Gasteiger partial charge in [0.2, 0.25) is 0 Å². The molecule has 0 fully saturated rings. The molecule has 1 aromatic rings. The number of H-pyrrole nitrogens is 1. The van der Waals surface area contributed by atoms with Gasteiger partial charge in [0.15, 0.2) is 5.96 Å². The maximum Gasteiger partial charge on any atom is 0.188 e. The van der Waals surface area contributed by atoms with Gasteiger partial charge in [0.25, 0.3) is 0 Å². The second kappa shape index (κ2) is 2.84. The summed E-state index contributed by atoms with van der Waals surface area (Å²) in [5.41, 5.74) is 6.65. The summed E-state index contributed by atoms with van der Waals surface area (Å²) in [5.74, 6) is 0.936. The number of hydrogen-bond acceptors (Lipinski definition) is 4. The van der Waals surface area contributed by atoms with Gasteiger partial charge in [0.1, 0.15) is 0 Å². The fourth-order valence-corrected chi connectivity index (χ4v) is 1.26. The van der Waals surface area contributed by atoms with Crippen molar-refractivity contribution in [3.63, 3.8) is 0 Å². The number of rotatable bonds is 1.